The first-order valence-electron chi connectivity index (χ1n) is 8.29. The minimum atomic E-state index is -0.318. The summed E-state index contributed by atoms with van der Waals surface area (Å²) < 4.78 is 6.39. The number of carbonyl (C=O) groups is 1. The molecule has 3 N–H and O–H groups in total. The first-order valence-corrected chi connectivity index (χ1v) is 9.87. The Morgan fingerprint density at radius 1 is 1.18 bits per heavy atom. The lowest BCUT2D eigenvalue weighted by molar-refractivity contribution is -0.119. The molecule has 0 saturated heterocycles. The molecule has 6 nitrogen and oxygen atoms in total. The van der Waals surface area contributed by atoms with Crippen LogP contribution >= 0.6 is 31.9 Å². The first-order chi connectivity index (χ1) is 13.5. The monoisotopic (exact) mass is 505 g/mol. The van der Waals surface area contributed by atoms with Crippen LogP contribution in [0.5, 0.6) is 11.5 Å². The van der Waals surface area contributed by atoms with Gasteiger partial charge in [-0.25, -0.2) is 5.43 Å². The number of fused-ring (bicyclic) bond motifs is 1. The molecule has 28 heavy (non-hydrogen) atoms. The van der Waals surface area contributed by atoms with Gasteiger partial charge in [0.1, 0.15) is 0 Å². The van der Waals surface area contributed by atoms with E-state index in [1.165, 1.54) is 13.3 Å². The highest BCUT2D eigenvalue weighted by Gasteiger charge is 2.14. The van der Waals surface area contributed by atoms with Crippen LogP contribution in [0.15, 0.2) is 62.6 Å². The van der Waals surface area contributed by atoms with Gasteiger partial charge in [0.2, 0.25) is 0 Å². The fraction of sp³-hybridized carbons (Fsp3) is 0.100. The first kappa shape index (κ1) is 20.2. The Morgan fingerprint density at radius 3 is 2.68 bits per heavy atom. The normalized spacial score (nSPS) is 11.0. The molecule has 8 heteroatoms. The number of benzene rings is 3. The number of nitrogens with zero attached hydrogens (tertiary/aromatic N) is 1. The van der Waals surface area contributed by atoms with Gasteiger partial charge in [-0.1, -0.05) is 30.3 Å². The van der Waals surface area contributed by atoms with E-state index in [1.807, 2.05) is 42.5 Å². The predicted octanol–water partition coefficient (Wildman–Crippen LogP) is 4.64. The Morgan fingerprint density at radius 2 is 1.93 bits per heavy atom. The summed E-state index contributed by atoms with van der Waals surface area (Å²) in [5.74, 6) is -0.104. The maximum absolute atomic E-state index is 12.0. The van der Waals surface area contributed by atoms with Crippen molar-refractivity contribution in [3.63, 3.8) is 0 Å². The van der Waals surface area contributed by atoms with E-state index in [9.17, 15) is 9.90 Å². The van der Waals surface area contributed by atoms with Crippen molar-refractivity contribution in [2.75, 3.05) is 19.0 Å². The molecule has 0 heterocycles. The van der Waals surface area contributed by atoms with Crippen LogP contribution in [0.3, 0.4) is 0 Å². The minimum Gasteiger partial charge on any atom is -0.504 e. The van der Waals surface area contributed by atoms with Crippen LogP contribution in [0.1, 0.15) is 5.56 Å². The van der Waals surface area contributed by atoms with E-state index in [1.54, 1.807) is 6.07 Å². The topological polar surface area (TPSA) is 83.0 Å². The molecule has 0 aliphatic rings. The summed E-state index contributed by atoms with van der Waals surface area (Å²) in [6, 6.07) is 15.5. The summed E-state index contributed by atoms with van der Waals surface area (Å²) >= 11 is 6.73. The molecule has 3 aromatic rings. The molecule has 0 fully saturated rings. The quantitative estimate of drug-likeness (QED) is 0.336. The van der Waals surface area contributed by atoms with Crippen molar-refractivity contribution in [2.45, 2.75) is 0 Å². The molecule has 0 aliphatic heterocycles. The number of aromatic hydroxyl groups is 1. The van der Waals surface area contributed by atoms with Crippen molar-refractivity contribution >= 4 is 60.4 Å². The fourth-order valence-corrected chi connectivity index (χ4v) is 3.40. The average Bonchev–Trinajstić information content (AvgIpc) is 2.71. The van der Waals surface area contributed by atoms with Crippen molar-refractivity contribution in [2.24, 2.45) is 5.10 Å². The number of rotatable bonds is 6. The molecule has 0 saturated carbocycles. The number of hydrogen-bond acceptors (Lipinski definition) is 5. The number of halogens is 2. The van der Waals surface area contributed by atoms with Gasteiger partial charge in [0.25, 0.3) is 5.91 Å². The van der Waals surface area contributed by atoms with Crippen LogP contribution in [-0.2, 0) is 4.79 Å². The molecule has 0 bridgehead atoms. The Labute approximate surface area is 178 Å². The van der Waals surface area contributed by atoms with Crippen LogP contribution in [-0.4, -0.2) is 30.9 Å². The largest absolute Gasteiger partial charge is 0.504 e. The van der Waals surface area contributed by atoms with Crippen LogP contribution in [0, 0.1) is 0 Å². The second kappa shape index (κ2) is 9.07. The average molecular weight is 507 g/mol. The lowest BCUT2D eigenvalue weighted by Gasteiger charge is -2.10. The van der Waals surface area contributed by atoms with Crippen molar-refractivity contribution < 1.29 is 14.6 Å². The number of phenolic OH excluding ortho intramolecular Hbond substituents is 1. The second-order valence-electron chi connectivity index (χ2n) is 5.85. The van der Waals surface area contributed by atoms with Gasteiger partial charge in [-0.15, -0.1) is 0 Å². The van der Waals surface area contributed by atoms with Gasteiger partial charge in [-0.2, -0.15) is 5.10 Å². The molecule has 144 valence electrons. The van der Waals surface area contributed by atoms with Crippen molar-refractivity contribution in [3.05, 3.63) is 63.0 Å². The lowest BCUT2D eigenvalue weighted by Crippen LogP contribution is -2.25. The smallest absolute Gasteiger partial charge is 0.259 e. The molecular formula is C20H17Br2N3O3. The summed E-state index contributed by atoms with van der Waals surface area (Å²) in [5, 5.41) is 19.4. The van der Waals surface area contributed by atoms with E-state index < -0.39 is 0 Å². The fourth-order valence-electron chi connectivity index (χ4n) is 2.58. The third kappa shape index (κ3) is 4.63. The van der Waals surface area contributed by atoms with E-state index in [0.717, 1.165) is 16.5 Å². The second-order valence-corrected chi connectivity index (χ2v) is 7.49. The molecule has 0 unspecified atom stereocenters. The number of methoxy groups -OCH3 is 1. The van der Waals surface area contributed by atoms with Gasteiger partial charge in [-0.3, -0.25) is 4.79 Å². The van der Waals surface area contributed by atoms with E-state index in [2.05, 4.69) is 47.7 Å². The van der Waals surface area contributed by atoms with Crippen molar-refractivity contribution in [1.29, 1.82) is 0 Å². The van der Waals surface area contributed by atoms with Gasteiger partial charge in [0.15, 0.2) is 11.5 Å². The van der Waals surface area contributed by atoms with Crippen molar-refractivity contribution in [1.82, 2.24) is 5.43 Å². The molecule has 0 aromatic heterocycles. The molecule has 3 rings (SSSR count). The van der Waals surface area contributed by atoms with Gasteiger partial charge in [0.05, 0.1) is 25.4 Å². The minimum absolute atomic E-state index is 0.0602. The highest BCUT2D eigenvalue weighted by Crippen LogP contribution is 2.39. The SMILES string of the molecule is COc1cc(Br)c(Br)c(/C=N/NC(=O)CNc2ccc3ccccc3c2)c1O. The standard InChI is InChI=1S/C20H17Br2N3O3/c1-28-17-9-16(21)19(22)15(20(17)27)10-24-25-18(26)11-23-14-7-6-12-4-2-3-5-13(12)8-14/h2-10,23,27H,11H2,1H3,(H,25,26)/b24-10+. The van der Waals surface area contributed by atoms with Gasteiger partial charge >= 0.3 is 0 Å². The zero-order valence-corrected chi connectivity index (χ0v) is 18.0. The van der Waals surface area contributed by atoms with E-state index >= 15 is 0 Å². The lowest BCUT2D eigenvalue weighted by atomic mass is 10.1. The maximum atomic E-state index is 12.0. The number of ether oxygens (including phenoxy) is 1. The van der Waals surface area contributed by atoms with E-state index in [0.29, 0.717) is 20.3 Å². The third-order valence-corrected chi connectivity index (χ3v) is 6.01. The molecule has 1 amide bonds. The molecule has 3 aromatic carbocycles. The Hall–Kier alpha value is -2.58. The molecular weight excluding hydrogens is 490 g/mol. The van der Waals surface area contributed by atoms with Crippen molar-refractivity contribution in [3.8, 4) is 11.5 Å². The number of carbonyl (C=O) groups excluding carboxylic acids is 1. The highest BCUT2D eigenvalue weighted by atomic mass is 79.9. The highest BCUT2D eigenvalue weighted by molar-refractivity contribution is 9.13. The number of phenols is 1. The third-order valence-electron chi connectivity index (χ3n) is 4.00. The Bertz CT molecular complexity index is 1050. The summed E-state index contributed by atoms with van der Waals surface area (Å²) in [6.45, 7) is 0.0602. The van der Waals surface area contributed by atoms with Crippen LogP contribution in [0.4, 0.5) is 5.69 Å². The predicted molar refractivity (Wildman–Crippen MR) is 118 cm³/mol. The summed E-state index contributed by atoms with van der Waals surface area (Å²) in [7, 11) is 1.45. The zero-order valence-electron chi connectivity index (χ0n) is 14.9. The van der Waals surface area contributed by atoms with Gasteiger partial charge in [-0.05, 0) is 60.8 Å². The number of nitrogens with one attached hydrogen (secondary N) is 2. The number of hydrazone groups is 1. The van der Waals surface area contributed by atoms with Gasteiger partial charge in [0, 0.05) is 14.6 Å². The number of anilines is 1. The van der Waals surface area contributed by atoms with E-state index in [-0.39, 0.29) is 18.2 Å². The summed E-state index contributed by atoms with van der Waals surface area (Å²) in [5.41, 5.74) is 3.66. The number of hydrogen-bond donors (Lipinski definition) is 3. The Kier molecular flexibility index (Phi) is 6.53. The van der Waals surface area contributed by atoms with Crippen LogP contribution < -0.4 is 15.5 Å². The van der Waals surface area contributed by atoms with Crippen LogP contribution in [0.2, 0.25) is 0 Å². The Balaban J connectivity index is 1.62. The van der Waals surface area contributed by atoms with E-state index in [4.69, 9.17) is 4.74 Å². The number of amides is 1. The zero-order chi connectivity index (χ0) is 20.1. The molecule has 0 atom stereocenters. The molecule has 0 aliphatic carbocycles. The summed E-state index contributed by atoms with van der Waals surface area (Å²) in [4.78, 5) is 12.0. The van der Waals surface area contributed by atoms with Crippen LogP contribution in [0.25, 0.3) is 10.8 Å². The molecule has 0 radical (unpaired) electrons. The summed E-state index contributed by atoms with van der Waals surface area (Å²) in [6.07, 6.45) is 1.35. The molecule has 0 spiro atoms. The van der Waals surface area contributed by atoms with Gasteiger partial charge < -0.3 is 15.2 Å². The maximum Gasteiger partial charge on any atom is 0.259 e.